The second-order valence-corrected chi connectivity index (χ2v) is 4.75. The number of aromatic nitrogens is 2. The van der Waals surface area contributed by atoms with Gasteiger partial charge in [0.05, 0.1) is 0 Å². The van der Waals surface area contributed by atoms with Gasteiger partial charge in [-0.1, -0.05) is 0 Å². The zero-order valence-corrected chi connectivity index (χ0v) is 11.2. The Morgan fingerprint density at radius 1 is 1.43 bits per heavy atom. The summed E-state index contributed by atoms with van der Waals surface area (Å²) in [5.41, 5.74) is 0.812. The Balaban J connectivity index is 2.12. The predicted molar refractivity (Wildman–Crippen MR) is 69.1 cm³/mol. The van der Waals surface area contributed by atoms with Crippen LogP contribution in [-0.4, -0.2) is 28.0 Å². The molecule has 2 rings (SSSR count). The number of rotatable bonds is 5. The highest BCUT2D eigenvalue weighted by atomic mass is 19.4. The minimum absolute atomic E-state index is 0.135. The van der Waals surface area contributed by atoms with Crippen molar-refractivity contribution in [1.29, 1.82) is 0 Å². The zero-order chi connectivity index (χ0) is 15.6. The second kappa shape index (κ2) is 5.72. The number of hydrogen-bond acceptors (Lipinski definition) is 6. The van der Waals surface area contributed by atoms with E-state index in [2.05, 4.69) is 20.6 Å². The molecule has 116 valence electrons. The first kappa shape index (κ1) is 15.3. The van der Waals surface area contributed by atoms with E-state index in [0.717, 1.165) is 18.9 Å². The van der Waals surface area contributed by atoms with Crippen LogP contribution in [0.5, 0.6) is 0 Å². The number of alkyl halides is 3. The molecule has 0 saturated heterocycles. The summed E-state index contributed by atoms with van der Waals surface area (Å²) < 4.78 is 38.1. The van der Waals surface area contributed by atoms with E-state index >= 15 is 0 Å². The maximum Gasteiger partial charge on any atom is 0.433 e. The quantitative estimate of drug-likeness (QED) is 0.475. The molecule has 0 aromatic carbocycles. The van der Waals surface area contributed by atoms with Gasteiger partial charge in [-0.05, 0) is 19.8 Å². The Hall–Kier alpha value is -2.10. The lowest BCUT2D eigenvalue weighted by molar-refractivity contribution is -0.141. The number of hydrazine groups is 1. The number of carbonyl (C=O) groups is 1. The first-order valence-electron chi connectivity index (χ1n) is 6.29. The Kier molecular flexibility index (Phi) is 4.16. The summed E-state index contributed by atoms with van der Waals surface area (Å²) >= 11 is 0. The molecule has 1 heterocycles. The van der Waals surface area contributed by atoms with Crippen LogP contribution in [0, 0.1) is 0 Å². The largest absolute Gasteiger partial charge is 0.433 e. The molecular formula is C11H15F3N6O. The molecule has 5 N–H and O–H groups in total. The molecule has 1 amide bonds. The van der Waals surface area contributed by atoms with Crippen LogP contribution in [0.2, 0.25) is 0 Å². The third kappa shape index (κ3) is 4.18. The van der Waals surface area contributed by atoms with Crippen LogP contribution in [0.4, 0.5) is 24.9 Å². The number of nitrogens with zero attached hydrogens (tertiary/aromatic N) is 2. The van der Waals surface area contributed by atoms with Gasteiger partial charge in [0.1, 0.15) is 11.9 Å². The maximum absolute atomic E-state index is 12.7. The van der Waals surface area contributed by atoms with E-state index in [1.165, 1.54) is 6.92 Å². The van der Waals surface area contributed by atoms with Crippen molar-refractivity contribution in [2.45, 2.75) is 38.0 Å². The van der Waals surface area contributed by atoms with Gasteiger partial charge in [0.15, 0.2) is 5.69 Å². The van der Waals surface area contributed by atoms with E-state index in [1.807, 2.05) is 5.43 Å². The van der Waals surface area contributed by atoms with Gasteiger partial charge < -0.3 is 10.6 Å². The highest BCUT2D eigenvalue weighted by Gasteiger charge is 2.34. The molecule has 0 radical (unpaired) electrons. The van der Waals surface area contributed by atoms with Gasteiger partial charge in [-0.25, -0.2) is 10.8 Å². The van der Waals surface area contributed by atoms with Crippen molar-refractivity contribution >= 4 is 17.7 Å². The fraction of sp³-hybridized carbons (Fsp3) is 0.545. The molecule has 7 nitrogen and oxygen atoms in total. The average molecular weight is 304 g/mol. The Labute approximate surface area is 118 Å². The Bertz CT molecular complexity index is 531. The first-order chi connectivity index (χ1) is 9.79. The lowest BCUT2D eigenvalue weighted by Crippen LogP contribution is -2.39. The van der Waals surface area contributed by atoms with Crippen molar-refractivity contribution in [2.24, 2.45) is 5.84 Å². The highest BCUT2D eigenvalue weighted by Crippen LogP contribution is 2.29. The van der Waals surface area contributed by atoms with E-state index in [0.29, 0.717) is 0 Å². The van der Waals surface area contributed by atoms with Crippen molar-refractivity contribution in [3.63, 3.8) is 0 Å². The number of nitrogens with two attached hydrogens (primary N) is 1. The number of nitrogens with one attached hydrogen (secondary N) is 3. The van der Waals surface area contributed by atoms with Crippen molar-refractivity contribution in [1.82, 2.24) is 15.3 Å². The Morgan fingerprint density at radius 2 is 2.10 bits per heavy atom. The summed E-state index contributed by atoms with van der Waals surface area (Å²) in [6.45, 7) is 1.53. The van der Waals surface area contributed by atoms with Gasteiger partial charge in [-0.2, -0.15) is 18.2 Å². The first-order valence-corrected chi connectivity index (χ1v) is 6.29. The van der Waals surface area contributed by atoms with Gasteiger partial charge in [-0.3, -0.25) is 10.2 Å². The normalized spacial score (nSPS) is 16.2. The molecule has 1 aliphatic carbocycles. The molecule has 1 aromatic heterocycles. The Morgan fingerprint density at radius 3 is 2.62 bits per heavy atom. The molecule has 21 heavy (non-hydrogen) atoms. The van der Waals surface area contributed by atoms with Crippen LogP contribution in [-0.2, 0) is 11.0 Å². The van der Waals surface area contributed by atoms with Crippen molar-refractivity contribution in [2.75, 3.05) is 10.7 Å². The monoisotopic (exact) mass is 304 g/mol. The van der Waals surface area contributed by atoms with Gasteiger partial charge in [0.25, 0.3) is 0 Å². The number of halogens is 3. The lowest BCUT2D eigenvalue weighted by Gasteiger charge is -2.16. The van der Waals surface area contributed by atoms with Crippen LogP contribution in [0.25, 0.3) is 0 Å². The lowest BCUT2D eigenvalue weighted by atomic mass is 10.3. The molecule has 1 aromatic rings. The van der Waals surface area contributed by atoms with Crippen molar-refractivity contribution in [3.8, 4) is 0 Å². The van der Waals surface area contributed by atoms with Gasteiger partial charge in [-0.15, -0.1) is 0 Å². The molecule has 1 fully saturated rings. The van der Waals surface area contributed by atoms with E-state index in [4.69, 9.17) is 5.84 Å². The predicted octanol–water partition coefficient (Wildman–Crippen LogP) is 0.860. The second-order valence-electron chi connectivity index (χ2n) is 4.75. The molecule has 1 atom stereocenters. The highest BCUT2D eigenvalue weighted by molar-refractivity contribution is 5.84. The van der Waals surface area contributed by atoms with Crippen molar-refractivity contribution in [3.05, 3.63) is 11.8 Å². The SMILES string of the molecule is CC(Nc1cc(C(F)(F)F)nc(NN)n1)C(=O)NC1CC1. The number of anilines is 2. The third-order valence-corrected chi connectivity index (χ3v) is 2.83. The number of hydrogen-bond donors (Lipinski definition) is 4. The molecule has 10 heteroatoms. The fourth-order valence-corrected chi connectivity index (χ4v) is 1.57. The minimum atomic E-state index is -4.63. The summed E-state index contributed by atoms with van der Waals surface area (Å²) in [4.78, 5) is 18.7. The van der Waals surface area contributed by atoms with E-state index in [9.17, 15) is 18.0 Å². The van der Waals surface area contributed by atoms with E-state index in [1.54, 1.807) is 0 Å². The topological polar surface area (TPSA) is 105 Å². The smallest absolute Gasteiger partial charge is 0.358 e. The summed E-state index contributed by atoms with van der Waals surface area (Å²) in [6, 6.07) is 0.160. The standard InChI is InChI=1S/C11H15F3N6O/c1-5(9(21)17-6-2-3-6)16-8-4-7(11(12,13)14)18-10(19-8)20-15/h4-6H,2-3,15H2,1H3,(H,17,21)(H2,16,18,19,20). The molecule has 1 unspecified atom stereocenters. The molecule has 1 aliphatic rings. The summed E-state index contributed by atoms with van der Waals surface area (Å²) in [6.07, 6.45) is -2.79. The van der Waals surface area contributed by atoms with Crippen LogP contribution in [0.3, 0.4) is 0 Å². The van der Waals surface area contributed by atoms with Crippen LogP contribution in [0.1, 0.15) is 25.5 Å². The van der Waals surface area contributed by atoms with Crippen LogP contribution < -0.4 is 21.9 Å². The summed E-state index contributed by atoms with van der Waals surface area (Å²) in [5.74, 6) is 4.22. The molecular weight excluding hydrogens is 289 g/mol. The minimum Gasteiger partial charge on any atom is -0.358 e. The molecule has 1 saturated carbocycles. The van der Waals surface area contributed by atoms with E-state index < -0.39 is 17.9 Å². The fourth-order valence-electron chi connectivity index (χ4n) is 1.57. The number of amides is 1. The summed E-state index contributed by atoms with van der Waals surface area (Å²) in [5, 5.41) is 5.34. The van der Waals surface area contributed by atoms with Gasteiger partial charge >= 0.3 is 6.18 Å². The third-order valence-electron chi connectivity index (χ3n) is 2.83. The zero-order valence-electron chi connectivity index (χ0n) is 11.2. The van der Waals surface area contributed by atoms with Crippen molar-refractivity contribution < 1.29 is 18.0 Å². The maximum atomic E-state index is 12.7. The van der Waals surface area contributed by atoms with Gasteiger partial charge in [0, 0.05) is 12.1 Å². The number of nitrogen functional groups attached to an aromatic ring is 1. The van der Waals surface area contributed by atoms with E-state index in [-0.39, 0.29) is 23.7 Å². The molecule has 0 spiro atoms. The number of carbonyl (C=O) groups excluding carboxylic acids is 1. The molecule has 0 aliphatic heterocycles. The average Bonchev–Trinajstić information content (AvgIpc) is 3.21. The summed E-state index contributed by atoms with van der Waals surface area (Å²) in [7, 11) is 0. The van der Waals surface area contributed by atoms with Crippen LogP contribution >= 0.6 is 0 Å². The van der Waals surface area contributed by atoms with Crippen LogP contribution in [0.15, 0.2) is 6.07 Å². The molecule has 0 bridgehead atoms. The van der Waals surface area contributed by atoms with Gasteiger partial charge in [0.2, 0.25) is 11.9 Å².